The molecule has 4 N–H and O–H groups in total. The number of ether oxygens (including phenoxy) is 1. The fourth-order valence-electron chi connectivity index (χ4n) is 2.65. The molecule has 0 bridgehead atoms. The Hall–Kier alpha value is -3.28. The van der Waals surface area contributed by atoms with Crippen LogP contribution < -0.4 is 21.1 Å². The fraction of sp³-hybridized carbons (Fsp3) is 0.200. The van der Waals surface area contributed by atoms with Crippen LogP contribution in [0.4, 0.5) is 23.0 Å². The average Bonchev–Trinajstić information content (AvgIpc) is 2.65. The van der Waals surface area contributed by atoms with Gasteiger partial charge in [0.25, 0.3) is 0 Å². The standard InChI is InChI=1S/C20H23N5O/c1-13-4-9-17(14(2)10-13)25-20-18(21)19(23-12-24-20)22-11-15-5-7-16(26-3)8-6-15/h4-10,12H,11,21H2,1-3H3,(H2,22,23,24,25). The lowest BCUT2D eigenvalue weighted by Gasteiger charge is -2.14. The molecule has 0 saturated carbocycles. The maximum atomic E-state index is 6.25. The smallest absolute Gasteiger partial charge is 0.159 e. The zero-order valence-electron chi connectivity index (χ0n) is 15.2. The molecule has 1 aromatic heterocycles. The van der Waals surface area contributed by atoms with Crippen molar-refractivity contribution >= 4 is 23.0 Å². The van der Waals surface area contributed by atoms with Crippen molar-refractivity contribution in [3.8, 4) is 5.75 Å². The number of nitrogens with two attached hydrogens (primary N) is 1. The number of methoxy groups -OCH3 is 1. The Morgan fingerprint density at radius 2 is 1.73 bits per heavy atom. The van der Waals surface area contributed by atoms with E-state index >= 15 is 0 Å². The van der Waals surface area contributed by atoms with Crippen LogP contribution in [-0.2, 0) is 6.54 Å². The molecule has 6 nitrogen and oxygen atoms in total. The van der Waals surface area contributed by atoms with E-state index in [-0.39, 0.29) is 0 Å². The van der Waals surface area contributed by atoms with Crippen LogP contribution in [0.2, 0.25) is 0 Å². The first-order chi connectivity index (χ1) is 12.6. The molecule has 0 fully saturated rings. The van der Waals surface area contributed by atoms with Crippen LogP contribution in [0.5, 0.6) is 5.75 Å². The number of nitrogens with one attached hydrogen (secondary N) is 2. The van der Waals surface area contributed by atoms with Crippen LogP contribution in [0.3, 0.4) is 0 Å². The van der Waals surface area contributed by atoms with Gasteiger partial charge in [-0.05, 0) is 43.2 Å². The Morgan fingerprint density at radius 3 is 2.42 bits per heavy atom. The summed E-state index contributed by atoms with van der Waals surface area (Å²) in [7, 11) is 1.65. The zero-order valence-corrected chi connectivity index (χ0v) is 15.2. The summed E-state index contributed by atoms with van der Waals surface area (Å²) in [5, 5.41) is 6.55. The van der Waals surface area contributed by atoms with Crippen molar-refractivity contribution in [3.05, 3.63) is 65.5 Å². The van der Waals surface area contributed by atoms with Crippen molar-refractivity contribution in [2.45, 2.75) is 20.4 Å². The lowest BCUT2D eigenvalue weighted by atomic mass is 10.1. The topological polar surface area (TPSA) is 85.1 Å². The first kappa shape index (κ1) is 17.5. The molecule has 3 aromatic rings. The van der Waals surface area contributed by atoms with Gasteiger partial charge in [-0.15, -0.1) is 0 Å². The highest BCUT2D eigenvalue weighted by atomic mass is 16.5. The largest absolute Gasteiger partial charge is 0.497 e. The van der Waals surface area contributed by atoms with E-state index in [0.29, 0.717) is 23.9 Å². The molecule has 0 radical (unpaired) electrons. The second kappa shape index (κ2) is 7.74. The molecule has 3 rings (SSSR count). The van der Waals surface area contributed by atoms with Crippen molar-refractivity contribution in [1.29, 1.82) is 0 Å². The molecule has 0 aliphatic heterocycles. The third kappa shape index (κ3) is 4.03. The highest BCUT2D eigenvalue weighted by Gasteiger charge is 2.09. The van der Waals surface area contributed by atoms with Crippen molar-refractivity contribution in [3.63, 3.8) is 0 Å². The number of nitrogen functional groups attached to an aromatic ring is 1. The lowest BCUT2D eigenvalue weighted by molar-refractivity contribution is 0.414. The summed E-state index contributed by atoms with van der Waals surface area (Å²) < 4.78 is 5.17. The monoisotopic (exact) mass is 349 g/mol. The number of nitrogens with zero attached hydrogens (tertiary/aromatic N) is 2. The Morgan fingerprint density at radius 1 is 1.00 bits per heavy atom. The van der Waals surface area contributed by atoms with Gasteiger partial charge in [-0.25, -0.2) is 9.97 Å². The molecule has 0 spiro atoms. The molecule has 0 amide bonds. The first-order valence-electron chi connectivity index (χ1n) is 8.38. The van der Waals surface area contributed by atoms with Crippen LogP contribution in [0.25, 0.3) is 0 Å². The molecule has 0 aliphatic carbocycles. The Balaban J connectivity index is 1.73. The second-order valence-corrected chi connectivity index (χ2v) is 6.13. The Bertz CT molecular complexity index is 893. The minimum atomic E-state index is 0.487. The molecular formula is C20H23N5O. The second-order valence-electron chi connectivity index (χ2n) is 6.13. The summed E-state index contributed by atoms with van der Waals surface area (Å²) in [5.41, 5.74) is 11.2. The van der Waals surface area contributed by atoms with Crippen LogP contribution in [0.15, 0.2) is 48.8 Å². The van der Waals surface area contributed by atoms with Crippen molar-refractivity contribution in [1.82, 2.24) is 9.97 Å². The summed E-state index contributed by atoms with van der Waals surface area (Å²) in [4.78, 5) is 8.53. The van der Waals surface area contributed by atoms with Crippen LogP contribution >= 0.6 is 0 Å². The van der Waals surface area contributed by atoms with Crippen molar-refractivity contribution < 1.29 is 4.74 Å². The van der Waals surface area contributed by atoms with E-state index in [1.807, 2.05) is 30.3 Å². The molecular weight excluding hydrogens is 326 g/mol. The first-order valence-corrected chi connectivity index (χ1v) is 8.38. The van der Waals surface area contributed by atoms with E-state index in [2.05, 4.69) is 46.6 Å². The van der Waals surface area contributed by atoms with Gasteiger partial charge in [0, 0.05) is 12.2 Å². The normalized spacial score (nSPS) is 10.4. The molecule has 0 unspecified atom stereocenters. The number of aryl methyl sites for hydroxylation is 2. The average molecular weight is 349 g/mol. The van der Waals surface area contributed by atoms with Gasteiger partial charge in [-0.1, -0.05) is 29.8 Å². The maximum absolute atomic E-state index is 6.25. The maximum Gasteiger partial charge on any atom is 0.159 e. The molecule has 2 aromatic carbocycles. The van der Waals surface area contributed by atoms with Crippen molar-refractivity contribution in [2.75, 3.05) is 23.5 Å². The number of hydrogen-bond donors (Lipinski definition) is 3. The molecule has 6 heteroatoms. The van der Waals surface area contributed by atoms with Gasteiger partial charge in [0.1, 0.15) is 17.8 Å². The number of aromatic nitrogens is 2. The third-order valence-corrected chi connectivity index (χ3v) is 4.14. The van der Waals surface area contributed by atoms with Gasteiger partial charge in [0.05, 0.1) is 7.11 Å². The Labute approximate surface area is 153 Å². The van der Waals surface area contributed by atoms with Gasteiger partial charge in [-0.2, -0.15) is 0 Å². The van der Waals surface area contributed by atoms with Crippen LogP contribution in [-0.4, -0.2) is 17.1 Å². The van der Waals surface area contributed by atoms with Crippen LogP contribution in [0.1, 0.15) is 16.7 Å². The predicted octanol–water partition coefficient (Wildman–Crippen LogP) is 4.04. The number of hydrogen-bond acceptors (Lipinski definition) is 6. The highest BCUT2D eigenvalue weighted by molar-refractivity contribution is 5.78. The van der Waals surface area contributed by atoms with Crippen molar-refractivity contribution in [2.24, 2.45) is 0 Å². The minimum Gasteiger partial charge on any atom is -0.497 e. The summed E-state index contributed by atoms with van der Waals surface area (Å²) in [6.45, 7) is 4.72. The molecule has 1 heterocycles. The molecule has 26 heavy (non-hydrogen) atoms. The number of anilines is 4. The van der Waals surface area contributed by atoms with Gasteiger partial charge in [0.2, 0.25) is 0 Å². The molecule has 0 aliphatic rings. The van der Waals surface area contributed by atoms with E-state index in [1.165, 1.54) is 11.9 Å². The van der Waals surface area contributed by atoms with E-state index in [4.69, 9.17) is 10.5 Å². The van der Waals surface area contributed by atoms with E-state index in [1.54, 1.807) is 7.11 Å². The fourth-order valence-corrected chi connectivity index (χ4v) is 2.65. The number of rotatable bonds is 6. The Kier molecular flexibility index (Phi) is 5.22. The molecule has 0 saturated heterocycles. The highest BCUT2D eigenvalue weighted by Crippen LogP contribution is 2.28. The lowest BCUT2D eigenvalue weighted by Crippen LogP contribution is -2.08. The summed E-state index contributed by atoms with van der Waals surface area (Å²) in [6.07, 6.45) is 1.50. The van der Waals surface area contributed by atoms with Gasteiger partial charge >= 0.3 is 0 Å². The van der Waals surface area contributed by atoms with E-state index in [9.17, 15) is 0 Å². The zero-order chi connectivity index (χ0) is 18.5. The minimum absolute atomic E-state index is 0.487. The summed E-state index contributed by atoms with van der Waals surface area (Å²) >= 11 is 0. The summed E-state index contributed by atoms with van der Waals surface area (Å²) in [5.74, 6) is 2.02. The van der Waals surface area contributed by atoms with Gasteiger partial charge in [0.15, 0.2) is 11.6 Å². The predicted molar refractivity (Wildman–Crippen MR) is 106 cm³/mol. The quantitative estimate of drug-likeness (QED) is 0.623. The SMILES string of the molecule is COc1ccc(CNc2ncnc(Nc3ccc(C)cc3C)c2N)cc1. The van der Waals surface area contributed by atoms with E-state index in [0.717, 1.165) is 22.6 Å². The third-order valence-electron chi connectivity index (χ3n) is 4.14. The number of benzene rings is 2. The molecule has 134 valence electrons. The van der Waals surface area contributed by atoms with E-state index < -0.39 is 0 Å². The van der Waals surface area contributed by atoms with Gasteiger partial charge < -0.3 is 21.1 Å². The molecule has 0 atom stereocenters. The summed E-state index contributed by atoms with van der Waals surface area (Å²) in [6, 6.07) is 14.0. The van der Waals surface area contributed by atoms with Crippen LogP contribution in [0, 0.1) is 13.8 Å². The van der Waals surface area contributed by atoms with Gasteiger partial charge in [-0.3, -0.25) is 0 Å².